The number of carbonyl (C=O) groups excluding carboxylic acids is 1. The van der Waals surface area contributed by atoms with Gasteiger partial charge < -0.3 is 14.7 Å². The summed E-state index contributed by atoms with van der Waals surface area (Å²) >= 11 is 0. The zero-order chi connectivity index (χ0) is 17.4. The molecule has 2 heterocycles. The lowest BCUT2D eigenvalue weighted by Crippen LogP contribution is -2.42. The van der Waals surface area contributed by atoms with Crippen molar-refractivity contribution in [3.63, 3.8) is 0 Å². The van der Waals surface area contributed by atoms with E-state index in [0.717, 1.165) is 5.69 Å². The Hall–Kier alpha value is -2.47. The van der Waals surface area contributed by atoms with Crippen LogP contribution in [-0.4, -0.2) is 45.1 Å². The summed E-state index contributed by atoms with van der Waals surface area (Å²) in [6, 6.07) is 8.66. The van der Waals surface area contributed by atoms with E-state index in [1.54, 1.807) is 29.4 Å². The van der Waals surface area contributed by atoms with Gasteiger partial charge in [-0.05, 0) is 37.6 Å². The molecule has 2 rings (SSSR count). The first kappa shape index (κ1) is 17.9. The minimum Gasteiger partial charge on any atom is -0.477 e. The zero-order valence-electron chi connectivity index (χ0n) is 14.1. The molecule has 2 aromatic rings. The maximum Gasteiger partial charge on any atom is 0.260 e. The standard InChI is InChI=1S/C18H23N3O3/c1-3-15(13-22)21(12-14-8-5-6-10-19-14)18(23)16-9-7-11-20-17(16)24-4-2/h5-11,15,22H,3-4,12-13H2,1-2H3/t15-/m0/s1. The van der Waals surface area contributed by atoms with Crippen LogP contribution < -0.4 is 4.74 Å². The third-order valence-corrected chi connectivity index (χ3v) is 3.72. The molecule has 0 radical (unpaired) electrons. The highest BCUT2D eigenvalue weighted by atomic mass is 16.5. The first-order valence-electron chi connectivity index (χ1n) is 8.10. The van der Waals surface area contributed by atoms with Crippen LogP contribution in [0.25, 0.3) is 0 Å². The third kappa shape index (κ3) is 4.29. The molecule has 1 N–H and O–H groups in total. The molecule has 6 heteroatoms. The molecule has 2 aromatic heterocycles. The quantitative estimate of drug-likeness (QED) is 0.804. The molecule has 0 saturated carbocycles. The minimum absolute atomic E-state index is 0.112. The molecule has 24 heavy (non-hydrogen) atoms. The Kier molecular flexibility index (Phi) is 6.69. The van der Waals surface area contributed by atoms with Crippen LogP contribution in [0.1, 0.15) is 36.3 Å². The van der Waals surface area contributed by atoms with E-state index in [9.17, 15) is 9.90 Å². The van der Waals surface area contributed by atoms with Gasteiger partial charge in [-0.1, -0.05) is 13.0 Å². The van der Waals surface area contributed by atoms with Crippen molar-refractivity contribution in [1.82, 2.24) is 14.9 Å². The largest absolute Gasteiger partial charge is 0.477 e. The fraction of sp³-hybridized carbons (Fsp3) is 0.389. The molecule has 0 bridgehead atoms. The number of aliphatic hydroxyl groups is 1. The summed E-state index contributed by atoms with van der Waals surface area (Å²) in [7, 11) is 0. The Bertz CT molecular complexity index is 645. The summed E-state index contributed by atoms with van der Waals surface area (Å²) in [5.74, 6) is 0.0851. The van der Waals surface area contributed by atoms with Gasteiger partial charge in [0, 0.05) is 12.4 Å². The summed E-state index contributed by atoms with van der Waals surface area (Å²) in [6.45, 7) is 4.41. The van der Waals surface area contributed by atoms with Gasteiger partial charge in [-0.3, -0.25) is 9.78 Å². The van der Waals surface area contributed by atoms with Gasteiger partial charge in [0.05, 0.1) is 31.5 Å². The predicted octanol–water partition coefficient (Wildman–Crippen LogP) is 2.29. The second-order valence-electron chi connectivity index (χ2n) is 5.29. The molecule has 0 aliphatic rings. The van der Waals surface area contributed by atoms with Gasteiger partial charge in [-0.2, -0.15) is 0 Å². The van der Waals surface area contributed by atoms with Crippen LogP contribution in [0.5, 0.6) is 5.88 Å². The van der Waals surface area contributed by atoms with Crippen molar-refractivity contribution in [2.45, 2.75) is 32.9 Å². The molecule has 1 amide bonds. The van der Waals surface area contributed by atoms with Gasteiger partial charge in [-0.15, -0.1) is 0 Å². The molecule has 0 aromatic carbocycles. The van der Waals surface area contributed by atoms with Gasteiger partial charge in [0.1, 0.15) is 5.56 Å². The Balaban J connectivity index is 2.34. The van der Waals surface area contributed by atoms with E-state index in [0.29, 0.717) is 31.0 Å². The smallest absolute Gasteiger partial charge is 0.260 e. The van der Waals surface area contributed by atoms with Crippen molar-refractivity contribution in [2.75, 3.05) is 13.2 Å². The molecule has 6 nitrogen and oxygen atoms in total. The third-order valence-electron chi connectivity index (χ3n) is 3.72. The van der Waals surface area contributed by atoms with Crippen molar-refractivity contribution in [1.29, 1.82) is 0 Å². The summed E-state index contributed by atoms with van der Waals surface area (Å²) in [6.07, 6.45) is 3.92. The van der Waals surface area contributed by atoms with Crippen LogP contribution in [0.4, 0.5) is 0 Å². The maximum atomic E-state index is 13.1. The normalized spacial score (nSPS) is 11.8. The first-order valence-corrected chi connectivity index (χ1v) is 8.10. The molecule has 0 spiro atoms. The van der Waals surface area contributed by atoms with E-state index in [1.165, 1.54) is 0 Å². The number of ether oxygens (including phenoxy) is 1. The molecular formula is C18H23N3O3. The lowest BCUT2D eigenvalue weighted by molar-refractivity contribution is 0.0555. The molecule has 0 aliphatic carbocycles. The van der Waals surface area contributed by atoms with E-state index in [-0.39, 0.29) is 18.6 Å². The summed E-state index contributed by atoms with van der Waals surface area (Å²) < 4.78 is 5.47. The zero-order valence-corrected chi connectivity index (χ0v) is 14.1. The maximum absolute atomic E-state index is 13.1. The van der Waals surface area contributed by atoms with Crippen LogP contribution in [0, 0.1) is 0 Å². The number of carbonyl (C=O) groups is 1. The second kappa shape index (κ2) is 8.98. The predicted molar refractivity (Wildman–Crippen MR) is 90.7 cm³/mol. The van der Waals surface area contributed by atoms with Crippen molar-refractivity contribution < 1.29 is 14.6 Å². The molecule has 0 aliphatic heterocycles. The van der Waals surface area contributed by atoms with Gasteiger partial charge in [0.25, 0.3) is 5.91 Å². The average Bonchev–Trinajstić information content (AvgIpc) is 2.63. The Labute approximate surface area is 142 Å². The fourth-order valence-corrected chi connectivity index (χ4v) is 2.44. The summed E-state index contributed by atoms with van der Waals surface area (Å²) in [5.41, 5.74) is 1.15. The number of rotatable bonds is 8. The highest BCUT2D eigenvalue weighted by Crippen LogP contribution is 2.20. The first-order chi connectivity index (χ1) is 11.7. The number of hydrogen-bond acceptors (Lipinski definition) is 5. The number of pyridine rings is 2. The summed E-state index contributed by atoms with van der Waals surface area (Å²) in [5, 5.41) is 9.68. The number of aromatic nitrogens is 2. The molecule has 0 fully saturated rings. The van der Waals surface area contributed by atoms with Crippen LogP contribution >= 0.6 is 0 Å². The number of nitrogens with zero attached hydrogens (tertiary/aromatic N) is 3. The monoisotopic (exact) mass is 329 g/mol. The highest BCUT2D eigenvalue weighted by Gasteiger charge is 2.26. The van der Waals surface area contributed by atoms with E-state index in [1.807, 2.05) is 32.0 Å². The van der Waals surface area contributed by atoms with Gasteiger partial charge in [-0.25, -0.2) is 4.98 Å². The highest BCUT2D eigenvalue weighted by molar-refractivity contribution is 5.96. The van der Waals surface area contributed by atoms with E-state index in [2.05, 4.69) is 9.97 Å². The summed E-state index contributed by atoms with van der Waals surface area (Å²) in [4.78, 5) is 23.1. The van der Waals surface area contributed by atoms with E-state index >= 15 is 0 Å². The number of hydrogen-bond donors (Lipinski definition) is 1. The average molecular weight is 329 g/mol. The molecule has 128 valence electrons. The van der Waals surface area contributed by atoms with Crippen molar-refractivity contribution in [2.24, 2.45) is 0 Å². The molecule has 0 saturated heterocycles. The van der Waals surface area contributed by atoms with Gasteiger partial charge >= 0.3 is 0 Å². The SMILES string of the molecule is CCOc1ncccc1C(=O)N(Cc1ccccn1)[C@@H](CC)CO. The minimum atomic E-state index is -0.297. The van der Waals surface area contributed by atoms with E-state index < -0.39 is 0 Å². The second-order valence-corrected chi connectivity index (χ2v) is 5.29. The van der Waals surface area contributed by atoms with Crippen LogP contribution in [0.2, 0.25) is 0 Å². The topological polar surface area (TPSA) is 75.5 Å². The van der Waals surface area contributed by atoms with Gasteiger partial charge in [0.2, 0.25) is 5.88 Å². The van der Waals surface area contributed by atoms with Crippen LogP contribution in [-0.2, 0) is 6.54 Å². The van der Waals surface area contributed by atoms with Crippen molar-refractivity contribution in [3.05, 3.63) is 54.0 Å². The molecule has 0 unspecified atom stereocenters. The molecular weight excluding hydrogens is 306 g/mol. The van der Waals surface area contributed by atoms with E-state index in [4.69, 9.17) is 4.74 Å². The number of amides is 1. The lowest BCUT2D eigenvalue weighted by atomic mass is 10.1. The Morgan fingerprint density at radius 2 is 2.00 bits per heavy atom. The Morgan fingerprint density at radius 1 is 1.21 bits per heavy atom. The Morgan fingerprint density at radius 3 is 2.62 bits per heavy atom. The van der Waals surface area contributed by atoms with Crippen LogP contribution in [0.15, 0.2) is 42.7 Å². The number of aliphatic hydroxyl groups excluding tert-OH is 1. The van der Waals surface area contributed by atoms with Gasteiger partial charge in [0.15, 0.2) is 0 Å². The molecule has 1 atom stereocenters. The lowest BCUT2D eigenvalue weighted by Gasteiger charge is -2.30. The van der Waals surface area contributed by atoms with Crippen molar-refractivity contribution in [3.8, 4) is 5.88 Å². The van der Waals surface area contributed by atoms with Crippen LogP contribution in [0.3, 0.4) is 0 Å². The fourth-order valence-electron chi connectivity index (χ4n) is 2.44. The van der Waals surface area contributed by atoms with Crippen molar-refractivity contribution >= 4 is 5.91 Å².